The second kappa shape index (κ2) is 9.80. The Balaban J connectivity index is 1.66. The molecule has 1 aromatic heterocycles. The number of rotatable bonds is 7. The highest BCUT2D eigenvalue weighted by Crippen LogP contribution is 2.33. The zero-order chi connectivity index (χ0) is 23.4. The summed E-state index contributed by atoms with van der Waals surface area (Å²) in [5.74, 6) is -1.06. The highest BCUT2D eigenvalue weighted by molar-refractivity contribution is 6.29. The minimum absolute atomic E-state index is 0.000823. The molecule has 1 heterocycles. The quantitative estimate of drug-likeness (QED) is 0.245. The number of ketones is 1. The molecule has 0 fully saturated rings. The number of hydrogen-bond acceptors (Lipinski definition) is 3. The molecule has 0 unspecified atom stereocenters. The third-order valence-corrected chi connectivity index (χ3v) is 5.99. The van der Waals surface area contributed by atoms with Gasteiger partial charge in [0.25, 0.3) is 0 Å². The number of aromatic nitrogens is 1. The Morgan fingerprint density at radius 3 is 2.12 bits per heavy atom. The van der Waals surface area contributed by atoms with Crippen LogP contribution in [0.3, 0.4) is 0 Å². The highest BCUT2D eigenvalue weighted by atomic mass is 35.5. The molecule has 33 heavy (non-hydrogen) atoms. The van der Waals surface area contributed by atoms with Gasteiger partial charge in [0.15, 0.2) is 5.78 Å². The molecule has 4 rings (SSSR count). The number of carbonyl (C=O) groups is 2. The second-order valence-electron chi connectivity index (χ2n) is 7.91. The number of Topliss-reactive ketones (excluding diaryl/α,β-unsaturated/α-hetero) is 1. The van der Waals surface area contributed by atoms with Crippen LogP contribution in [0.1, 0.15) is 49.7 Å². The number of halogens is 1. The molecule has 0 aliphatic carbocycles. The highest BCUT2D eigenvalue weighted by Gasteiger charge is 2.21. The van der Waals surface area contributed by atoms with E-state index in [1.165, 1.54) is 0 Å². The van der Waals surface area contributed by atoms with Crippen molar-refractivity contribution in [2.45, 2.75) is 19.3 Å². The fourth-order valence-electron chi connectivity index (χ4n) is 3.98. The Hall–Kier alpha value is -3.76. The number of aromatic carboxylic acids is 1. The number of hydrogen-bond donors (Lipinski definition) is 1. The minimum Gasteiger partial charge on any atom is -0.478 e. The van der Waals surface area contributed by atoms with Crippen LogP contribution >= 0.6 is 11.6 Å². The van der Waals surface area contributed by atoms with Crippen molar-refractivity contribution in [3.63, 3.8) is 0 Å². The predicted octanol–water partition coefficient (Wildman–Crippen LogP) is 6.81. The van der Waals surface area contributed by atoms with Crippen LogP contribution in [0.2, 0.25) is 5.15 Å². The van der Waals surface area contributed by atoms with E-state index >= 15 is 0 Å². The summed E-state index contributed by atoms with van der Waals surface area (Å²) in [6.45, 7) is 2.05. The van der Waals surface area contributed by atoms with Gasteiger partial charge in [-0.05, 0) is 59.0 Å². The molecule has 5 heteroatoms. The Kier molecular flexibility index (Phi) is 6.66. The first-order valence-electron chi connectivity index (χ1n) is 10.6. The predicted molar refractivity (Wildman–Crippen MR) is 130 cm³/mol. The van der Waals surface area contributed by atoms with Crippen molar-refractivity contribution in [3.05, 3.63) is 124 Å². The lowest BCUT2D eigenvalue weighted by atomic mass is 9.83. The first-order valence-corrected chi connectivity index (χ1v) is 10.9. The van der Waals surface area contributed by atoms with Gasteiger partial charge in [0, 0.05) is 24.1 Å². The molecule has 1 atom stereocenters. The van der Waals surface area contributed by atoms with Crippen LogP contribution in [0, 0.1) is 6.92 Å². The van der Waals surface area contributed by atoms with Crippen LogP contribution in [0.4, 0.5) is 0 Å². The third kappa shape index (κ3) is 5.18. The van der Waals surface area contributed by atoms with Gasteiger partial charge < -0.3 is 5.11 Å². The van der Waals surface area contributed by atoms with Crippen molar-refractivity contribution in [3.8, 4) is 11.1 Å². The molecule has 0 aliphatic rings. The van der Waals surface area contributed by atoms with Gasteiger partial charge in [-0.15, -0.1) is 0 Å². The standard InChI is InChI=1S/C28H22ClNO3/c1-18-4-2-3-5-24(18)25(17-26(31)23-14-15-30-27(29)16-23)21-10-6-19(7-11-21)20-8-12-22(13-9-20)28(32)33/h2-16,25H,17H2,1H3,(H,32,33)/t25-/m1/s1. The van der Waals surface area contributed by atoms with Crippen molar-refractivity contribution < 1.29 is 14.7 Å². The van der Waals surface area contributed by atoms with Gasteiger partial charge in [-0.1, -0.05) is 72.3 Å². The van der Waals surface area contributed by atoms with E-state index in [4.69, 9.17) is 16.7 Å². The van der Waals surface area contributed by atoms with Gasteiger partial charge in [0.2, 0.25) is 0 Å². The SMILES string of the molecule is Cc1ccccc1[C@H](CC(=O)c1ccnc(Cl)c1)c1ccc(-c2ccc(C(=O)O)cc2)cc1. The molecular weight excluding hydrogens is 434 g/mol. The minimum atomic E-state index is -0.946. The maximum absolute atomic E-state index is 13.1. The smallest absolute Gasteiger partial charge is 0.335 e. The molecule has 0 radical (unpaired) electrons. The van der Waals surface area contributed by atoms with Gasteiger partial charge in [0.1, 0.15) is 5.15 Å². The summed E-state index contributed by atoms with van der Waals surface area (Å²) < 4.78 is 0. The molecule has 0 bridgehead atoms. The molecule has 0 spiro atoms. The van der Waals surface area contributed by atoms with Crippen molar-refractivity contribution in [1.29, 1.82) is 0 Å². The molecule has 0 saturated carbocycles. The summed E-state index contributed by atoms with van der Waals surface area (Å²) in [5, 5.41) is 9.40. The van der Waals surface area contributed by atoms with Crippen LogP contribution in [0.5, 0.6) is 0 Å². The lowest BCUT2D eigenvalue weighted by Crippen LogP contribution is -2.10. The second-order valence-corrected chi connectivity index (χ2v) is 8.30. The number of benzene rings is 3. The Morgan fingerprint density at radius 2 is 1.52 bits per heavy atom. The molecule has 4 aromatic rings. The van der Waals surface area contributed by atoms with Gasteiger partial charge in [-0.25, -0.2) is 9.78 Å². The molecular formula is C28H22ClNO3. The van der Waals surface area contributed by atoms with E-state index in [-0.39, 0.29) is 17.3 Å². The summed E-state index contributed by atoms with van der Waals surface area (Å²) >= 11 is 5.99. The summed E-state index contributed by atoms with van der Waals surface area (Å²) in [4.78, 5) is 28.2. The van der Waals surface area contributed by atoms with E-state index in [0.29, 0.717) is 17.1 Å². The van der Waals surface area contributed by atoms with E-state index < -0.39 is 5.97 Å². The number of carboxylic acid groups (broad SMARTS) is 1. The molecule has 0 amide bonds. The summed E-state index contributed by atoms with van der Waals surface area (Å²) in [7, 11) is 0. The largest absolute Gasteiger partial charge is 0.478 e. The van der Waals surface area contributed by atoms with Crippen molar-refractivity contribution >= 4 is 23.4 Å². The third-order valence-electron chi connectivity index (χ3n) is 5.78. The molecule has 4 nitrogen and oxygen atoms in total. The summed E-state index contributed by atoms with van der Waals surface area (Å²) in [6.07, 6.45) is 1.85. The number of carboxylic acids is 1. The number of aryl methyl sites for hydroxylation is 1. The average Bonchev–Trinajstić information content (AvgIpc) is 2.83. The number of nitrogens with zero attached hydrogens (tertiary/aromatic N) is 1. The zero-order valence-corrected chi connectivity index (χ0v) is 18.8. The first kappa shape index (κ1) is 22.4. The molecule has 3 aromatic carbocycles. The van der Waals surface area contributed by atoms with E-state index in [2.05, 4.69) is 24.0 Å². The van der Waals surface area contributed by atoms with Crippen LogP contribution in [-0.4, -0.2) is 21.8 Å². The molecule has 1 N–H and O–H groups in total. The van der Waals surface area contributed by atoms with Crippen molar-refractivity contribution in [1.82, 2.24) is 4.98 Å². The van der Waals surface area contributed by atoms with E-state index in [1.807, 2.05) is 36.4 Å². The van der Waals surface area contributed by atoms with Crippen LogP contribution < -0.4 is 0 Å². The first-order chi connectivity index (χ1) is 15.9. The monoisotopic (exact) mass is 455 g/mol. The van der Waals surface area contributed by atoms with Gasteiger partial charge in [-0.2, -0.15) is 0 Å². The maximum atomic E-state index is 13.1. The van der Waals surface area contributed by atoms with E-state index in [0.717, 1.165) is 27.8 Å². The Morgan fingerprint density at radius 1 is 0.879 bits per heavy atom. The summed E-state index contributed by atoms with van der Waals surface area (Å²) in [5.41, 5.74) is 5.96. The topological polar surface area (TPSA) is 67.3 Å². The van der Waals surface area contributed by atoms with Crippen molar-refractivity contribution in [2.24, 2.45) is 0 Å². The van der Waals surface area contributed by atoms with Gasteiger partial charge in [0.05, 0.1) is 5.56 Å². The molecule has 0 saturated heterocycles. The average molecular weight is 456 g/mol. The maximum Gasteiger partial charge on any atom is 0.335 e. The van der Waals surface area contributed by atoms with Crippen molar-refractivity contribution in [2.75, 3.05) is 0 Å². The van der Waals surface area contributed by atoms with Crippen LogP contribution in [0.25, 0.3) is 11.1 Å². The normalized spacial score (nSPS) is 11.7. The summed E-state index contributed by atoms with van der Waals surface area (Å²) in [6, 6.07) is 26.2. The Labute approximate surface area is 197 Å². The lowest BCUT2D eigenvalue weighted by molar-refractivity contribution is 0.0696. The van der Waals surface area contributed by atoms with Gasteiger partial charge in [-0.3, -0.25) is 4.79 Å². The number of carbonyl (C=O) groups excluding carboxylic acids is 1. The fraction of sp³-hybridized carbons (Fsp3) is 0.107. The fourth-order valence-corrected chi connectivity index (χ4v) is 4.15. The van der Waals surface area contributed by atoms with Crippen LogP contribution in [-0.2, 0) is 0 Å². The van der Waals surface area contributed by atoms with Crippen LogP contribution in [0.15, 0.2) is 91.1 Å². The lowest BCUT2D eigenvalue weighted by Gasteiger charge is -2.20. The molecule has 164 valence electrons. The molecule has 0 aliphatic heterocycles. The van der Waals surface area contributed by atoms with E-state index in [9.17, 15) is 9.59 Å². The van der Waals surface area contributed by atoms with E-state index in [1.54, 1.807) is 42.6 Å². The van der Waals surface area contributed by atoms with Gasteiger partial charge >= 0.3 is 5.97 Å². The zero-order valence-electron chi connectivity index (χ0n) is 18.0. The number of pyridine rings is 1. The Bertz CT molecular complexity index is 1300.